The molecule has 0 saturated heterocycles. The molecule has 4 nitrogen and oxygen atoms in total. The zero-order valence-electron chi connectivity index (χ0n) is 11.0. The van der Waals surface area contributed by atoms with Crippen molar-refractivity contribution in [3.63, 3.8) is 0 Å². The molecule has 0 atom stereocenters. The van der Waals surface area contributed by atoms with Gasteiger partial charge in [0.05, 0.1) is 16.5 Å². The fraction of sp³-hybridized carbons (Fsp3) is 0.231. The summed E-state index contributed by atoms with van der Waals surface area (Å²) in [6.45, 7) is 2.29. The van der Waals surface area contributed by atoms with Crippen LogP contribution in [0.4, 0.5) is 0 Å². The quantitative estimate of drug-likeness (QED) is 0.871. The molecule has 1 aromatic heterocycles. The van der Waals surface area contributed by atoms with E-state index in [0.29, 0.717) is 16.8 Å². The predicted molar refractivity (Wildman–Crippen MR) is 83.8 cm³/mol. The third-order valence-electron chi connectivity index (χ3n) is 2.67. The average Bonchev–Trinajstić information content (AvgIpc) is 2.82. The first-order valence-corrected chi connectivity index (χ1v) is 8.90. The van der Waals surface area contributed by atoms with E-state index < -0.39 is 10.0 Å². The molecule has 0 spiro atoms. The standard InChI is InChI=1S/C13H14BrNO3S2/c1-9-3-4-10(19-9)8-15-20(16,17)11-5-6-13(18-2)12(14)7-11/h3-7,15H,8H2,1-2H3. The Hall–Kier alpha value is -0.890. The summed E-state index contributed by atoms with van der Waals surface area (Å²) in [6, 6.07) is 8.56. The normalized spacial score (nSPS) is 11.6. The molecule has 0 unspecified atom stereocenters. The summed E-state index contributed by atoms with van der Waals surface area (Å²) in [5, 5.41) is 0. The van der Waals surface area contributed by atoms with E-state index in [1.54, 1.807) is 17.4 Å². The van der Waals surface area contributed by atoms with Crippen LogP contribution in [0.1, 0.15) is 9.75 Å². The summed E-state index contributed by atoms with van der Waals surface area (Å²) in [4.78, 5) is 2.35. The number of thiophene rings is 1. The highest BCUT2D eigenvalue weighted by atomic mass is 79.9. The first kappa shape index (κ1) is 15.5. The Bertz CT molecular complexity index is 710. The minimum absolute atomic E-state index is 0.207. The van der Waals surface area contributed by atoms with Crippen molar-refractivity contribution < 1.29 is 13.2 Å². The molecule has 2 aromatic rings. The molecule has 1 aromatic carbocycles. The van der Waals surface area contributed by atoms with Gasteiger partial charge < -0.3 is 4.74 Å². The summed E-state index contributed by atoms with van der Waals surface area (Å²) < 4.78 is 32.7. The van der Waals surface area contributed by atoms with Crippen LogP contribution in [-0.4, -0.2) is 15.5 Å². The van der Waals surface area contributed by atoms with Gasteiger partial charge in [0.25, 0.3) is 0 Å². The maximum Gasteiger partial charge on any atom is 0.240 e. The van der Waals surface area contributed by atoms with Crippen LogP contribution in [0.2, 0.25) is 0 Å². The fourth-order valence-electron chi connectivity index (χ4n) is 1.64. The number of aryl methyl sites for hydroxylation is 1. The number of nitrogens with one attached hydrogen (secondary N) is 1. The van der Waals surface area contributed by atoms with E-state index in [1.165, 1.54) is 19.2 Å². The van der Waals surface area contributed by atoms with Crippen LogP contribution in [0.5, 0.6) is 5.75 Å². The third kappa shape index (κ3) is 3.60. The minimum Gasteiger partial charge on any atom is -0.496 e. The van der Waals surface area contributed by atoms with Gasteiger partial charge in [0, 0.05) is 16.3 Å². The van der Waals surface area contributed by atoms with E-state index in [-0.39, 0.29) is 4.90 Å². The van der Waals surface area contributed by atoms with Crippen LogP contribution in [-0.2, 0) is 16.6 Å². The van der Waals surface area contributed by atoms with Crippen molar-refractivity contribution in [1.82, 2.24) is 4.72 Å². The number of halogens is 1. The Morgan fingerprint density at radius 3 is 2.60 bits per heavy atom. The van der Waals surface area contributed by atoms with Crippen LogP contribution in [0.3, 0.4) is 0 Å². The molecule has 0 amide bonds. The lowest BCUT2D eigenvalue weighted by atomic mass is 10.3. The molecule has 20 heavy (non-hydrogen) atoms. The molecule has 0 aliphatic rings. The second kappa shape index (κ2) is 6.26. The van der Waals surface area contributed by atoms with Gasteiger partial charge in [-0.1, -0.05) is 0 Å². The van der Waals surface area contributed by atoms with E-state index >= 15 is 0 Å². The first-order chi connectivity index (χ1) is 9.42. The van der Waals surface area contributed by atoms with Crippen LogP contribution < -0.4 is 9.46 Å². The Morgan fingerprint density at radius 2 is 2.05 bits per heavy atom. The molecule has 0 aliphatic heterocycles. The summed E-state index contributed by atoms with van der Waals surface area (Å²) in [6.07, 6.45) is 0. The lowest BCUT2D eigenvalue weighted by Crippen LogP contribution is -2.22. The molecule has 0 saturated carbocycles. The fourth-order valence-corrected chi connectivity index (χ4v) is 4.29. The Balaban J connectivity index is 2.15. The van der Waals surface area contributed by atoms with E-state index in [2.05, 4.69) is 20.7 Å². The SMILES string of the molecule is COc1ccc(S(=O)(=O)NCc2ccc(C)s2)cc1Br. The van der Waals surface area contributed by atoms with E-state index in [1.807, 2.05) is 19.1 Å². The van der Waals surface area contributed by atoms with Crippen molar-refractivity contribution in [2.24, 2.45) is 0 Å². The maximum absolute atomic E-state index is 12.2. The maximum atomic E-state index is 12.2. The Morgan fingerprint density at radius 1 is 1.30 bits per heavy atom. The van der Waals surface area contributed by atoms with Crippen molar-refractivity contribution >= 4 is 37.3 Å². The Kier molecular flexibility index (Phi) is 4.85. The molecule has 0 bridgehead atoms. The lowest BCUT2D eigenvalue weighted by molar-refractivity contribution is 0.411. The van der Waals surface area contributed by atoms with Crippen molar-refractivity contribution in [1.29, 1.82) is 0 Å². The van der Waals surface area contributed by atoms with Gasteiger partial charge in [0.15, 0.2) is 0 Å². The van der Waals surface area contributed by atoms with Gasteiger partial charge in [-0.15, -0.1) is 11.3 Å². The highest BCUT2D eigenvalue weighted by molar-refractivity contribution is 9.10. The Labute approximate surface area is 131 Å². The number of methoxy groups -OCH3 is 1. The smallest absolute Gasteiger partial charge is 0.240 e. The van der Waals surface area contributed by atoms with Crippen molar-refractivity contribution in [2.75, 3.05) is 7.11 Å². The van der Waals surface area contributed by atoms with Crippen LogP contribution in [0.15, 0.2) is 39.7 Å². The number of ether oxygens (including phenoxy) is 1. The van der Waals surface area contributed by atoms with Gasteiger partial charge in [-0.05, 0) is 53.2 Å². The molecule has 0 aliphatic carbocycles. The number of hydrogen-bond donors (Lipinski definition) is 1. The van der Waals surface area contributed by atoms with Crippen LogP contribution in [0, 0.1) is 6.92 Å². The number of hydrogen-bond acceptors (Lipinski definition) is 4. The molecule has 0 fully saturated rings. The monoisotopic (exact) mass is 375 g/mol. The molecule has 1 heterocycles. The van der Waals surface area contributed by atoms with E-state index in [0.717, 1.165) is 9.75 Å². The second-order valence-corrected chi connectivity index (χ2v) is 8.13. The summed E-state index contributed by atoms with van der Waals surface area (Å²) in [5.74, 6) is 0.595. The van der Waals surface area contributed by atoms with Crippen molar-refractivity contribution in [2.45, 2.75) is 18.4 Å². The zero-order valence-corrected chi connectivity index (χ0v) is 14.2. The molecule has 1 N–H and O–H groups in total. The van der Waals surface area contributed by atoms with Crippen molar-refractivity contribution in [3.05, 3.63) is 44.6 Å². The zero-order chi connectivity index (χ0) is 14.8. The number of sulfonamides is 1. The second-order valence-electron chi connectivity index (χ2n) is 4.13. The third-order valence-corrected chi connectivity index (χ3v) is 5.69. The molecule has 2 rings (SSSR count). The lowest BCUT2D eigenvalue weighted by Gasteiger charge is -2.08. The van der Waals surface area contributed by atoms with Crippen molar-refractivity contribution in [3.8, 4) is 5.75 Å². The highest BCUT2D eigenvalue weighted by Gasteiger charge is 2.15. The van der Waals surface area contributed by atoms with E-state index in [9.17, 15) is 8.42 Å². The largest absolute Gasteiger partial charge is 0.496 e. The molecule has 7 heteroatoms. The first-order valence-electron chi connectivity index (χ1n) is 5.81. The molecule has 108 valence electrons. The number of benzene rings is 1. The van der Waals surface area contributed by atoms with Gasteiger partial charge >= 0.3 is 0 Å². The molecule has 0 radical (unpaired) electrons. The topological polar surface area (TPSA) is 55.4 Å². The number of rotatable bonds is 5. The summed E-state index contributed by atoms with van der Waals surface area (Å²) in [5.41, 5.74) is 0. The highest BCUT2D eigenvalue weighted by Crippen LogP contribution is 2.27. The van der Waals surface area contributed by atoms with Gasteiger partial charge in [-0.2, -0.15) is 0 Å². The van der Waals surface area contributed by atoms with Gasteiger partial charge in [0.1, 0.15) is 5.75 Å². The van der Waals surface area contributed by atoms with E-state index in [4.69, 9.17) is 4.74 Å². The molecular weight excluding hydrogens is 362 g/mol. The molecular formula is C13H14BrNO3S2. The summed E-state index contributed by atoms with van der Waals surface area (Å²) >= 11 is 4.86. The van der Waals surface area contributed by atoms with Gasteiger partial charge in [-0.25, -0.2) is 13.1 Å². The van der Waals surface area contributed by atoms with Gasteiger partial charge in [0.2, 0.25) is 10.0 Å². The minimum atomic E-state index is -3.53. The predicted octanol–water partition coefficient (Wildman–Crippen LogP) is 3.31. The average molecular weight is 376 g/mol. The summed E-state index contributed by atoms with van der Waals surface area (Å²) in [7, 11) is -1.99. The van der Waals surface area contributed by atoms with Crippen LogP contribution in [0.25, 0.3) is 0 Å². The van der Waals surface area contributed by atoms with Gasteiger partial charge in [-0.3, -0.25) is 0 Å². The van der Waals surface area contributed by atoms with Crippen LogP contribution >= 0.6 is 27.3 Å².